The van der Waals surface area contributed by atoms with E-state index in [1.54, 1.807) is 19.3 Å². The first kappa shape index (κ1) is 21.5. The van der Waals surface area contributed by atoms with Gasteiger partial charge in [0.15, 0.2) is 0 Å². The maximum atomic E-state index is 10.6. The molecular weight excluding hydrogens is 430 g/mol. The average Bonchev–Trinajstić information content (AvgIpc) is 3.55. The lowest BCUT2D eigenvalue weighted by molar-refractivity contribution is -0.133. The summed E-state index contributed by atoms with van der Waals surface area (Å²) in [6.07, 6.45) is 3.09. The summed E-state index contributed by atoms with van der Waals surface area (Å²) in [6.45, 7) is 2.63. The van der Waals surface area contributed by atoms with Gasteiger partial charge in [-0.1, -0.05) is 11.2 Å². The molecule has 4 aromatic rings. The molecule has 11 heteroatoms. The maximum Gasteiger partial charge on any atom is 0.251 e. The fourth-order valence-corrected chi connectivity index (χ4v) is 3.61. The summed E-state index contributed by atoms with van der Waals surface area (Å²) in [4.78, 5) is 25.5. The number of carbonyl (C=O) groups is 1. The number of anilines is 2. The van der Waals surface area contributed by atoms with Gasteiger partial charge in [-0.25, -0.2) is 15.0 Å². The first-order valence-electron chi connectivity index (χ1n) is 9.83. The van der Waals surface area contributed by atoms with Crippen molar-refractivity contribution in [3.63, 3.8) is 0 Å². The third-order valence-electron chi connectivity index (χ3n) is 4.76. The minimum absolute atomic E-state index is 0.148. The van der Waals surface area contributed by atoms with Gasteiger partial charge in [-0.15, -0.1) is 0 Å². The number of carbonyl (C=O) groups excluding carboxylic acids is 1. The van der Waals surface area contributed by atoms with Gasteiger partial charge in [-0.2, -0.15) is 4.37 Å². The van der Waals surface area contributed by atoms with Gasteiger partial charge >= 0.3 is 0 Å². The van der Waals surface area contributed by atoms with Crippen LogP contribution in [0.3, 0.4) is 0 Å². The van der Waals surface area contributed by atoms with Gasteiger partial charge in [-0.3, -0.25) is 4.79 Å². The number of aromatic nitrogens is 5. The highest BCUT2D eigenvalue weighted by Crippen LogP contribution is 2.23. The molecule has 0 aliphatic carbocycles. The van der Waals surface area contributed by atoms with E-state index in [2.05, 4.69) is 29.8 Å². The van der Waals surface area contributed by atoms with Gasteiger partial charge < -0.3 is 19.8 Å². The number of aliphatic hydroxyl groups is 1. The van der Waals surface area contributed by atoms with Crippen LogP contribution in [0.5, 0.6) is 0 Å². The van der Waals surface area contributed by atoms with E-state index in [1.165, 1.54) is 22.7 Å². The number of aliphatic hydroxyl groups excluding tert-OH is 1. The van der Waals surface area contributed by atoms with E-state index in [0.29, 0.717) is 24.6 Å². The van der Waals surface area contributed by atoms with Crippen molar-refractivity contribution in [2.24, 2.45) is 0 Å². The summed E-state index contributed by atoms with van der Waals surface area (Å²) < 4.78 is 9.10. The number of pyridine rings is 1. The predicted octanol–water partition coefficient (Wildman–Crippen LogP) is 2.91. The molecule has 4 aromatic heterocycles. The highest BCUT2D eigenvalue weighted by Gasteiger charge is 2.26. The quantitative estimate of drug-likeness (QED) is 0.481. The Morgan fingerprint density at radius 2 is 1.94 bits per heavy atom. The van der Waals surface area contributed by atoms with Crippen molar-refractivity contribution in [1.29, 1.82) is 0 Å². The maximum absolute atomic E-state index is 10.6. The molecule has 1 fully saturated rings. The summed E-state index contributed by atoms with van der Waals surface area (Å²) in [6, 6.07) is 9.27. The van der Waals surface area contributed by atoms with Crippen molar-refractivity contribution in [2.75, 3.05) is 18.9 Å². The zero-order valence-electron chi connectivity index (χ0n) is 17.5. The summed E-state index contributed by atoms with van der Waals surface area (Å²) in [7, 11) is 1.69. The van der Waals surface area contributed by atoms with Crippen LogP contribution in [0, 0.1) is 6.92 Å². The second-order valence-corrected chi connectivity index (χ2v) is 7.69. The molecule has 10 nitrogen and oxygen atoms in total. The lowest BCUT2D eigenvalue weighted by Crippen LogP contribution is -2.24. The molecule has 32 heavy (non-hydrogen) atoms. The predicted molar refractivity (Wildman–Crippen MR) is 119 cm³/mol. The van der Waals surface area contributed by atoms with Gasteiger partial charge in [0.05, 0.1) is 28.5 Å². The highest BCUT2D eigenvalue weighted by molar-refractivity contribution is 7.04. The second-order valence-electron chi connectivity index (χ2n) is 7.06. The molecule has 5 rings (SSSR count). The lowest BCUT2D eigenvalue weighted by Gasteiger charge is -2.06. The first-order chi connectivity index (χ1) is 15.5. The van der Waals surface area contributed by atoms with Crippen LogP contribution in [0.1, 0.15) is 12.1 Å². The topological polar surface area (TPSA) is 130 Å². The number of nitrogens with one attached hydrogen (secondary N) is 1. The summed E-state index contributed by atoms with van der Waals surface area (Å²) in [5, 5.41) is 17.8. The number of hydrogen-bond acceptors (Lipinski definition) is 10. The highest BCUT2D eigenvalue weighted by atomic mass is 32.1. The van der Waals surface area contributed by atoms with Crippen LogP contribution in [-0.2, 0) is 4.79 Å². The monoisotopic (exact) mass is 451 g/mol. The lowest BCUT2D eigenvalue weighted by atomic mass is 10.2. The summed E-state index contributed by atoms with van der Waals surface area (Å²) >= 11 is 1.39. The van der Waals surface area contributed by atoms with Crippen LogP contribution < -0.4 is 5.32 Å². The molecule has 1 amide bonds. The van der Waals surface area contributed by atoms with Gasteiger partial charge in [-0.05, 0) is 43.1 Å². The molecule has 0 aromatic carbocycles. The number of likely N-dealkylation sites (N-methyl/N-ethyl adjacent to an activating group) is 1. The van der Waals surface area contributed by atoms with Crippen LogP contribution in [0.25, 0.3) is 22.8 Å². The van der Waals surface area contributed by atoms with Crippen LogP contribution in [0.4, 0.5) is 11.6 Å². The van der Waals surface area contributed by atoms with E-state index in [1.807, 2.05) is 36.6 Å². The van der Waals surface area contributed by atoms with Crippen molar-refractivity contribution < 1.29 is 14.4 Å². The minimum Gasteiger partial charge on any atom is -0.383 e. The van der Waals surface area contributed by atoms with Gasteiger partial charge in [0.2, 0.25) is 5.95 Å². The Balaban J connectivity index is 0.000000260. The molecule has 2 N–H and O–H groups in total. The first-order valence-corrected chi connectivity index (χ1v) is 10.7. The molecule has 5 heterocycles. The Hall–Kier alpha value is -3.70. The van der Waals surface area contributed by atoms with Crippen molar-refractivity contribution in [2.45, 2.75) is 19.4 Å². The van der Waals surface area contributed by atoms with Crippen molar-refractivity contribution in [3.8, 4) is 22.8 Å². The van der Waals surface area contributed by atoms with E-state index in [4.69, 9.17) is 9.63 Å². The van der Waals surface area contributed by atoms with Gasteiger partial charge in [0.1, 0.15) is 18.1 Å². The Bertz CT molecular complexity index is 1180. The van der Waals surface area contributed by atoms with E-state index < -0.39 is 6.10 Å². The number of nitrogens with zero attached hydrogens (tertiary/aromatic N) is 6. The molecule has 0 saturated carbocycles. The Morgan fingerprint density at radius 1 is 1.16 bits per heavy atom. The standard InChI is InChI=1S/C16H12N6OS.C5H9NO2/c1-10-15(9-24-22-10)20-16-17-7-5-13(19-16)11-3-2-4-12(18-11)14-6-8-23-21-14;1-6-3-2-4(7)5(6)8/h2-9H,1H3,(H,17,19,20);4,7H,2-3H2,1H3. The normalized spacial score (nSPS) is 15.4. The van der Waals surface area contributed by atoms with Gasteiger partial charge in [0, 0.05) is 31.2 Å². The van der Waals surface area contributed by atoms with Crippen LogP contribution in [0.2, 0.25) is 0 Å². The number of rotatable bonds is 4. The number of likely N-dealkylation sites (tertiary alicyclic amines) is 1. The molecule has 0 radical (unpaired) electrons. The van der Waals surface area contributed by atoms with Crippen molar-refractivity contribution in [1.82, 2.24) is 29.4 Å². The molecule has 1 unspecified atom stereocenters. The smallest absolute Gasteiger partial charge is 0.251 e. The number of hydrogen-bond donors (Lipinski definition) is 2. The number of aryl methyl sites for hydroxylation is 1. The molecule has 164 valence electrons. The Kier molecular flexibility index (Phi) is 6.47. The van der Waals surface area contributed by atoms with Crippen LogP contribution >= 0.6 is 11.5 Å². The average molecular weight is 452 g/mol. The Labute approximate surface area is 188 Å². The zero-order valence-corrected chi connectivity index (χ0v) is 18.3. The fourth-order valence-electron chi connectivity index (χ4n) is 2.96. The third-order valence-corrected chi connectivity index (χ3v) is 5.48. The SMILES string of the molecule is CN1CCC(O)C1=O.Cc1nscc1Nc1nccc(-c2cccc(-c3ccon3)n2)n1. The molecule has 1 saturated heterocycles. The second kappa shape index (κ2) is 9.62. The third kappa shape index (κ3) is 4.95. The van der Waals surface area contributed by atoms with E-state index >= 15 is 0 Å². The zero-order chi connectivity index (χ0) is 22.5. The largest absolute Gasteiger partial charge is 0.383 e. The van der Waals surface area contributed by atoms with Crippen molar-refractivity contribution in [3.05, 3.63) is 53.9 Å². The molecule has 0 bridgehead atoms. The van der Waals surface area contributed by atoms with Gasteiger partial charge in [0.25, 0.3) is 5.91 Å². The number of amides is 1. The molecule has 1 atom stereocenters. The summed E-state index contributed by atoms with van der Waals surface area (Å²) in [5.41, 5.74) is 4.69. The summed E-state index contributed by atoms with van der Waals surface area (Å²) in [5.74, 6) is 0.356. The van der Waals surface area contributed by atoms with E-state index in [-0.39, 0.29) is 5.91 Å². The Morgan fingerprint density at radius 3 is 2.53 bits per heavy atom. The fraction of sp³-hybridized carbons (Fsp3) is 0.238. The van der Waals surface area contributed by atoms with Crippen molar-refractivity contribution >= 4 is 29.1 Å². The molecule has 0 spiro atoms. The van der Waals surface area contributed by atoms with Crippen LogP contribution in [0.15, 0.2) is 52.7 Å². The van der Waals surface area contributed by atoms with E-state index in [0.717, 1.165) is 28.5 Å². The van der Waals surface area contributed by atoms with E-state index in [9.17, 15) is 4.79 Å². The molecule has 1 aliphatic heterocycles. The molecule has 1 aliphatic rings. The van der Waals surface area contributed by atoms with Crippen LogP contribution in [-0.4, -0.2) is 60.1 Å². The molecular formula is C21H21N7O3S. The minimum atomic E-state index is -0.722.